The molecular formula is C13H19NO2S2. The van der Waals surface area contributed by atoms with Crippen molar-refractivity contribution in [2.75, 3.05) is 32.1 Å². The summed E-state index contributed by atoms with van der Waals surface area (Å²) < 4.78 is 22.2. The number of fused-ring (bicyclic) bond motifs is 1. The van der Waals surface area contributed by atoms with Crippen LogP contribution in [0.25, 0.3) is 0 Å². The molecule has 1 aliphatic rings. The predicted molar refractivity (Wildman–Crippen MR) is 77.0 cm³/mol. The van der Waals surface area contributed by atoms with Gasteiger partial charge in [0.1, 0.15) is 9.84 Å². The number of benzene rings is 1. The number of nitrogens with zero attached hydrogens (tertiary/aromatic N) is 1. The van der Waals surface area contributed by atoms with E-state index in [0.717, 1.165) is 13.0 Å². The Kier molecular flexibility index (Phi) is 4.35. The highest BCUT2D eigenvalue weighted by Gasteiger charge is 2.22. The average molecular weight is 285 g/mol. The Morgan fingerprint density at radius 1 is 1.39 bits per heavy atom. The van der Waals surface area contributed by atoms with Gasteiger partial charge in [-0.25, -0.2) is 8.42 Å². The van der Waals surface area contributed by atoms with Crippen molar-refractivity contribution in [2.45, 2.75) is 16.6 Å². The largest absolute Gasteiger partial charge is 0.304 e. The van der Waals surface area contributed by atoms with E-state index in [4.69, 9.17) is 0 Å². The van der Waals surface area contributed by atoms with Crippen LogP contribution in [-0.4, -0.2) is 50.7 Å². The van der Waals surface area contributed by atoms with Crippen LogP contribution in [-0.2, 0) is 16.3 Å². The quantitative estimate of drug-likeness (QED) is 0.825. The molecule has 0 saturated carbocycles. The lowest BCUT2D eigenvalue weighted by Gasteiger charge is -2.19. The molecule has 2 rings (SSSR count). The van der Waals surface area contributed by atoms with Crippen LogP contribution < -0.4 is 0 Å². The fourth-order valence-electron chi connectivity index (χ4n) is 2.12. The normalized spacial score (nSPS) is 19.2. The van der Waals surface area contributed by atoms with Crippen molar-refractivity contribution in [3.63, 3.8) is 0 Å². The Hall–Kier alpha value is -0.520. The Morgan fingerprint density at radius 2 is 2.11 bits per heavy atom. The summed E-state index contributed by atoms with van der Waals surface area (Å²) in [4.78, 5) is 3.49. The predicted octanol–water partition coefficient (Wildman–Crippen LogP) is 1.68. The van der Waals surface area contributed by atoms with Gasteiger partial charge in [-0.3, -0.25) is 0 Å². The topological polar surface area (TPSA) is 37.4 Å². The maximum absolute atomic E-state index is 11.1. The van der Waals surface area contributed by atoms with Gasteiger partial charge in [-0.05, 0) is 25.1 Å². The molecule has 3 nitrogen and oxygen atoms in total. The van der Waals surface area contributed by atoms with Crippen molar-refractivity contribution in [3.8, 4) is 0 Å². The summed E-state index contributed by atoms with van der Waals surface area (Å²) in [6, 6.07) is 8.49. The number of hydrogen-bond acceptors (Lipinski definition) is 4. The maximum atomic E-state index is 11.1. The lowest BCUT2D eigenvalue weighted by atomic mass is 10.1. The van der Waals surface area contributed by atoms with E-state index in [0.29, 0.717) is 11.8 Å². The Bertz CT molecular complexity index is 488. The van der Waals surface area contributed by atoms with Crippen molar-refractivity contribution in [1.82, 2.24) is 4.90 Å². The summed E-state index contributed by atoms with van der Waals surface area (Å²) in [5, 5.41) is 0.548. The zero-order valence-electron chi connectivity index (χ0n) is 10.8. The van der Waals surface area contributed by atoms with Crippen LogP contribution in [0.4, 0.5) is 0 Å². The van der Waals surface area contributed by atoms with Crippen LogP contribution >= 0.6 is 11.8 Å². The number of hydrogen-bond donors (Lipinski definition) is 0. The Balaban J connectivity index is 1.82. The van der Waals surface area contributed by atoms with E-state index in [1.807, 2.05) is 18.8 Å². The molecule has 0 amide bonds. The van der Waals surface area contributed by atoms with Gasteiger partial charge in [-0.2, -0.15) is 0 Å². The lowest BCUT2D eigenvalue weighted by molar-refractivity contribution is 0.354. The Labute approximate surface area is 113 Å². The molecule has 1 aromatic rings. The van der Waals surface area contributed by atoms with Gasteiger partial charge in [-0.15, -0.1) is 11.8 Å². The van der Waals surface area contributed by atoms with Crippen LogP contribution in [0.15, 0.2) is 29.2 Å². The summed E-state index contributed by atoms with van der Waals surface area (Å²) >= 11 is 1.91. The molecule has 0 bridgehead atoms. The van der Waals surface area contributed by atoms with Crippen LogP contribution in [0.5, 0.6) is 0 Å². The fraction of sp³-hybridized carbons (Fsp3) is 0.538. The molecule has 0 radical (unpaired) electrons. The third-order valence-electron chi connectivity index (χ3n) is 3.07. The minimum atomic E-state index is -2.85. The molecule has 1 aromatic carbocycles. The monoisotopic (exact) mass is 285 g/mol. The number of sulfone groups is 1. The van der Waals surface area contributed by atoms with Gasteiger partial charge in [0.15, 0.2) is 0 Å². The summed E-state index contributed by atoms with van der Waals surface area (Å²) in [5.41, 5.74) is 1.42. The van der Waals surface area contributed by atoms with Gasteiger partial charge in [0.05, 0.1) is 5.75 Å². The summed E-state index contributed by atoms with van der Waals surface area (Å²) in [5.74, 6) is 0.244. The molecule has 1 unspecified atom stereocenters. The van der Waals surface area contributed by atoms with E-state index in [1.165, 1.54) is 16.7 Å². The average Bonchev–Trinajstić information content (AvgIpc) is 2.67. The summed E-state index contributed by atoms with van der Waals surface area (Å²) in [6.07, 6.45) is 2.38. The van der Waals surface area contributed by atoms with Crippen LogP contribution in [0.2, 0.25) is 0 Å². The molecule has 18 heavy (non-hydrogen) atoms. The third-order valence-corrected chi connectivity index (χ3v) is 5.30. The molecule has 0 aromatic heterocycles. The highest BCUT2D eigenvalue weighted by Crippen LogP contribution is 2.36. The SMILES string of the molecule is CN(CCS(C)(=O)=O)CC1Cc2ccccc2S1. The Morgan fingerprint density at radius 3 is 2.78 bits per heavy atom. The van der Waals surface area contributed by atoms with Crippen LogP contribution in [0.3, 0.4) is 0 Å². The van der Waals surface area contributed by atoms with Crippen molar-refractivity contribution < 1.29 is 8.42 Å². The zero-order valence-corrected chi connectivity index (χ0v) is 12.4. The molecule has 0 fully saturated rings. The lowest BCUT2D eigenvalue weighted by Crippen LogP contribution is -2.31. The van der Waals surface area contributed by atoms with Crippen LogP contribution in [0, 0.1) is 0 Å². The summed E-state index contributed by atoms with van der Waals surface area (Å²) in [6.45, 7) is 1.56. The highest BCUT2D eigenvalue weighted by molar-refractivity contribution is 8.00. The van der Waals surface area contributed by atoms with Crippen molar-refractivity contribution >= 4 is 21.6 Å². The highest BCUT2D eigenvalue weighted by atomic mass is 32.2. The van der Waals surface area contributed by atoms with Gasteiger partial charge in [-0.1, -0.05) is 18.2 Å². The van der Waals surface area contributed by atoms with E-state index in [9.17, 15) is 8.42 Å². The first-order valence-corrected chi connectivity index (χ1v) is 8.99. The second kappa shape index (κ2) is 5.63. The first-order valence-electron chi connectivity index (χ1n) is 6.05. The van der Waals surface area contributed by atoms with E-state index < -0.39 is 9.84 Å². The van der Waals surface area contributed by atoms with Crippen molar-refractivity contribution in [2.24, 2.45) is 0 Å². The van der Waals surface area contributed by atoms with E-state index in [1.54, 1.807) is 0 Å². The standard InChI is InChI=1S/C13H19NO2S2/c1-14(7-8-18(2,15)16)10-12-9-11-5-3-4-6-13(11)17-12/h3-6,12H,7-10H2,1-2H3. The molecule has 5 heteroatoms. The maximum Gasteiger partial charge on any atom is 0.148 e. The molecule has 100 valence electrons. The van der Waals surface area contributed by atoms with Crippen molar-refractivity contribution in [1.29, 1.82) is 0 Å². The van der Waals surface area contributed by atoms with Gasteiger partial charge < -0.3 is 4.90 Å². The fourth-order valence-corrected chi connectivity index (χ4v) is 4.17. The number of rotatable bonds is 5. The first-order chi connectivity index (χ1) is 8.44. The minimum Gasteiger partial charge on any atom is -0.304 e. The number of thioether (sulfide) groups is 1. The van der Waals surface area contributed by atoms with E-state index in [2.05, 4.69) is 29.2 Å². The van der Waals surface area contributed by atoms with Gasteiger partial charge in [0.2, 0.25) is 0 Å². The molecule has 0 aliphatic carbocycles. The molecule has 1 atom stereocenters. The smallest absolute Gasteiger partial charge is 0.148 e. The second-order valence-electron chi connectivity index (χ2n) is 4.94. The van der Waals surface area contributed by atoms with Crippen LogP contribution in [0.1, 0.15) is 5.56 Å². The van der Waals surface area contributed by atoms with E-state index in [-0.39, 0.29) is 5.75 Å². The first kappa shape index (κ1) is 13.9. The second-order valence-corrected chi connectivity index (χ2v) is 8.55. The van der Waals surface area contributed by atoms with E-state index >= 15 is 0 Å². The third kappa shape index (κ3) is 4.00. The molecule has 1 heterocycles. The van der Waals surface area contributed by atoms with Gasteiger partial charge in [0, 0.05) is 29.5 Å². The molecule has 1 aliphatic heterocycles. The molecular weight excluding hydrogens is 266 g/mol. The zero-order chi connectivity index (χ0) is 13.2. The van der Waals surface area contributed by atoms with Crippen molar-refractivity contribution in [3.05, 3.63) is 29.8 Å². The summed E-state index contributed by atoms with van der Waals surface area (Å²) in [7, 11) is -0.860. The van der Waals surface area contributed by atoms with Gasteiger partial charge >= 0.3 is 0 Å². The van der Waals surface area contributed by atoms with Gasteiger partial charge in [0.25, 0.3) is 0 Å². The molecule has 0 spiro atoms. The molecule has 0 N–H and O–H groups in total. The molecule has 0 saturated heterocycles. The minimum absolute atomic E-state index is 0.244.